The lowest BCUT2D eigenvalue weighted by molar-refractivity contribution is 0.0562. The van der Waals surface area contributed by atoms with E-state index in [1.165, 1.54) is 12.8 Å². The van der Waals surface area contributed by atoms with Crippen molar-refractivity contribution in [3.05, 3.63) is 0 Å². The van der Waals surface area contributed by atoms with Crippen LogP contribution in [0, 0.1) is 0 Å². The molecular formula is C12H26N2O. The highest BCUT2D eigenvalue weighted by molar-refractivity contribution is 4.90. The van der Waals surface area contributed by atoms with Gasteiger partial charge in [0, 0.05) is 25.2 Å². The van der Waals surface area contributed by atoms with Gasteiger partial charge in [0.1, 0.15) is 0 Å². The second kappa shape index (κ2) is 6.46. The second-order valence-electron chi connectivity index (χ2n) is 4.64. The molecule has 3 heteroatoms. The van der Waals surface area contributed by atoms with Gasteiger partial charge in [-0.1, -0.05) is 20.3 Å². The van der Waals surface area contributed by atoms with E-state index in [0.717, 1.165) is 26.1 Å². The van der Waals surface area contributed by atoms with Gasteiger partial charge in [-0.2, -0.15) is 0 Å². The highest BCUT2D eigenvalue weighted by atomic mass is 16.3. The summed E-state index contributed by atoms with van der Waals surface area (Å²) in [4.78, 5) is 2.48. The zero-order valence-electron chi connectivity index (χ0n) is 10.4. The van der Waals surface area contributed by atoms with E-state index >= 15 is 0 Å². The summed E-state index contributed by atoms with van der Waals surface area (Å²) in [5, 5.41) is 13.2. The Hall–Kier alpha value is -0.120. The summed E-state index contributed by atoms with van der Waals surface area (Å²) in [7, 11) is 0. The molecule has 3 atom stereocenters. The lowest BCUT2D eigenvalue weighted by Crippen LogP contribution is -2.48. The first-order valence-corrected chi connectivity index (χ1v) is 6.35. The number of aliphatic hydroxyl groups is 1. The van der Waals surface area contributed by atoms with E-state index < -0.39 is 0 Å². The fourth-order valence-electron chi connectivity index (χ4n) is 2.28. The Bertz CT molecular complexity index is 175. The first-order chi connectivity index (χ1) is 7.20. The van der Waals surface area contributed by atoms with Crippen molar-refractivity contribution in [2.24, 2.45) is 0 Å². The van der Waals surface area contributed by atoms with E-state index in [4.69, 9.17) is 0 Å². The molecule has 3 unspecified atom stereocenters. The van der Waals surface area contributed by atoms with Crippen LogP contribution in [-0.4, -0.2) is 47.8 Å². The molecule has 90 valence electrons. The van der Waals surface area contributed by atoms with Gasteiger partial charge in [-0.05, 0) is 26.3 Å². The molecule has 2 N–H and O–H groups in total. The smallest absolute Gasteiger partial charge is 0.0831 e. The van der Waals surface area contributed by atoms with Crippen LogP contribution in [0.1, 0.15) is 40.0 Å². The lowest BCUT2D eigenvalue weighted by Gasteiger charge is -2.35. The summed E-state index contributed by atoms with van der Waals surface area (Å²) >= 11 is 0. The predicted octanol–water partition coefficient (Wildman–Crippen LogP) is 1.22. The normalized spacial score (nSPS) is 28.6. The van der Waals surface area contributed by atoms with Gasteiger partial charge < -0.3 is 10.4 Å². The minimum absolute atomic E-state index is 0.184. The van der Waals surface area contributed by atoms with Crippen molar-refractivity contribution in [2.45, 2.75) is 58.2 Å². The topological polar surface area (TPSA) is 35.5 Å². The highest BCUT2D eigenvalue weighted by Gasteiger charge is 2.31. The van der Waals surface area contributed by atoms with Crippen molar-refractivity contribution in [1.82, 2.24) is 10.2 Å². The maximum atomic E-state index is 9.90. The van der Waals surface area contributed by atoms with Crippen LogP contribution in [0.4, 0.5) is 0 Å². The van der Waals surface area contributed by atoms with E-state index in [1.54, 1.807) is 0 Å². The minimum Gasteiger partial charge on any atom is -0.390 e. The van der Waals surface area contributed by atoms with Gasteiger partial charge in [0.15, 0.2) is 0 Å². The number of nitrogens with zero attached hydrogens (tertiary/aromatic N) is 1. The quantitative estimate of drug-likeness (QED) is 0.698. The number of aliphatic hydroxyl groups excluding tert-OH is 1. The fourth-order valence-corrected chi connectivity index (χ4v) is 2.28. The first kappa shape index (κ1) is 12.9. The van der Waals surface area contributed by atoms with Crippen molar-refractivity contribution in [3.8, 4) is 0 Å². The zero-order valence-corrected chi connectivity index (χ0v) is 10.4. The Morgan fingerprint density at radius 1 is 1.40 bits per heavy atom. The van der Waals surface area contributed by atoms with Crippen LogP contribution in [0.3, 0.4) is 0 Å². The van der Waals surface area contributed by atoms with Crippen LogP contribution in [0.5, 0.6) is 0 Å². The molecule has 0 spiro atoms. The molecule has 0 saturated carbocycles. The Labute approximate surface area is 93.9 Å². The fraction of sp³-hybridized carbons (Fsp3) is 1.00. The van der Waals surface area contributed by atoms with Crippen molar-refractivity contribution in [1.29, 1.82) is 0 Å². The number of hydrogen-bond donors (Lipinski definition) is 2. The molecule has 15 heavy (non-hydrogen) atoms. The average molecular weight is 214 g/mol. The largest absolute Gasteiger partial charge is 0.390 e. The van der Waals surface area contributed by atoms with Crippen molar-refractivity contribution >= 4 is 0 Å². The molecule has 0 aromatic carbocycles. The Morgan fingerprint density at radius 2 is 2.13 bits per heavy atom. The Kier molecular flexibility index (Phi) is 5.58. The van der Waals surface area contributed by atoms with Gasteiger partial charge in [0.05, 0.1) is 6.10 Å². The summed E-state index contributed by atoms with van der Waals surface area (Å²) < 4.78 is 0. The minimum atomic E-state index is -0.184. The van der Waals surface area contributed by atoms with Gasteiger partial charge >= 0.3 is 0 Å². The zero-order chi connectivity index (χ0) is 11.3. The van der Waals surface area contributed by atoms with Gasteiger partial charge in [-0.25, -0.2) is 0 Å². The van der Waals surface area contributed by atoms with E-state index in [2.05, 4.69) is 31.0 Å². The van der Waals surface area contributed by atoms with Gasteiger partial charge in [-0.15, -0.1) is 0 Å². The van der Waals surface area contributed by atoms with Gasteiger partial charge in [-0.3, -0.25) is 4.90 Å². The summed E-state index contributed by atoms with van der Waals surface area (Å²) in [6.45, 7) is 9.52. The molecule has 0 aromatic heterocycles. The Morgan fingerprint density at radius 3 is 2.60 bits per heavy atom. The molecule has 1 aliphatic heterocycles. The molecule has 1 rings (SSSR count). The van der Waals surface area contributed by atoms with Crippen molar-refractivity contribution < 1.29 is 5.11 Å². The third-order valence-electron chi connectivity index (χ3n) is 3.50. The van der Waals surface area contributed by atoms with Crippen molar-refractivity contribution in [2.75, 3.05) is 19.6 Å². The average Bonchev–Trinajstić information content (AvgIpc) is 2.65. The summed E-state index contributed by atoms with van der Waals surface area (Å²) in [5.41, 5.74) is 0. The molecule has 3 nitrogen and oxygen atoms in total. The van der Waals surface area contributed by atoms with Crippen LogP contribution < -0.4 is 5.32 Å². The first-order valence-electron chi connectivity index (χ1n) is 6.35. The van der Waals surface area contributed by atoms with Crippen LogP contribution in [0.25, 0.3) is 0 Å². The molecule has 0 amide bonds. The summed E-state index contributed by atoms with van der Waals surface area (Å²) in [6, 6.07) is 0.905. The molecule has 0 bridgehead atoms. The maximum absolute atomic E-state index is 9.90. The van der Waals surface area contributed by atoms with E-state index in [0.29, 0.717) is 12.1 Å². The maximum Gasteiger partial charge on any atom is 0.0831 e. The number of rotatable bonds is 6. The molecule has 0 aliphatic carbocycles. The SMILES string of the molecule is CCCCN(C(C)CC)C1CNCC1O. The number of nitrogens with one attached hydrogen (secondary N) is 1. The second-order valence-corrected chi connectivity index (χ2v) is 4.64. The van der Waals surface area contributed by atoms with Crippen LogP contribution in [0.2, 0.25) is 0 Å². The van der Waals surface area contributed by atoms with E-state index in [9.17, 15) is 5.11 Å². The summed E-state index contributed by atoms with van der Waals surface area (Å²) in [6.07, 6.45) is 3.43. The molecule has 1 aliphatic rings. The number of hydrogen-bond acceptors (Lipinski definition) is 3. The Balaban J connectivity index is 2.53. The standard InChI is InChI=1S/C12H26N2O/c1-4-6-7-14(10(3)5-2)11-8-13-9-12(11)15/h10-13,15H,4-9H2,1-3H3. The molecule has 1 heterocycles. The van der Waals surface area contributed by atoms with Gasteiger partial charge in [0.25, 0.3) is 0 Å². The van der Waals surface area contributed by atoms with Crippen LogP contribution in [0.15, 0.2) is 0 Å². The van der Waals surface area contributed by atoms with Gasteiger partial charge in [0.2, 0.25) is 0 Å². The van der Waals surface area contributed by atoms with Crippen LogP contribution in [-0.2, 0) is 0 Å². The third kappa shape index (κ3) is 3.44. The van der Waals surface area contributed by atoms with Crippen molar-refractivity contribution in [3.63, 3.8) is 0 Å². The molecule has 0 aromatic rings. The van der Waals surface area contributed by atoms with Crippen LogP contribution >= 0.6 is 0 Å². The third-order valence-corrected chi connectivity index (χ3v) is 3.50. The molecule has 1 saturated heterocycles. The van der Waals surface area contributed by atoms with E-state index in [1.807, 2.05) is 0 Å². The lowest BCUT2D eigenvalue weighted by atomic mass is 10.1. The predicted molar refractivity (Wildman–Crippen MR) is 64.0 cm³/mol. The van der Waals surface area contributed by atoms with E-state index in [-0.39, 0.29) is 6.10 Å². The number of β-amino-alcohol motifs (C(OH)–C–C–N with tert-alkyl or cyclic N) is 1. The summed E-state index contributed by atoms with van der Waals surface area (Å²) in [5.74, 6) is 0. The molecule has 0 radical (unpaired) electrons. The molecular weight excluding hydrogens is 188 g/mol. The highest BCUT2D eigenvalue weighted by Crippen LogP contribution is 2.16. The monoisotopic (exact) mass is 214 g/mol. The number of unbranched alkanes of at least 4 members (excludes halogenated alkanes) is 1. The molecule has 1 fully saturated rings.